The summed E-state index contributed by atoms with van der Waals surface area (Å²) in [7, 11) is 1.65. The van der Waals surface area contributed by atoms with Crippen LogP contribution in [-0.4, -0.2) is 54.9 Å². The highest BCUT2D eigenvalue weighted by molar-refractivity contribution is 5.81. The van der Waals surface area contributed by atoms with Crippen molar-refractivity contribution >= 4 is 12.1 Å². The summed E-state index contributed by atoms with van der Waals surface area (Å²) in [5.74, 6) is -0.405. The van der Waals surface area contributed by atoms with Crippen LogP contribution in [-0.2, 0) is 22.5 Å². The Balaban J connectivity index is 1.24. The van der Waals surface area contributed by atoms with E-state index in [1.54, 1.807) is 7.11 Å². The summed E-state index contributed by atoms with van der Waals surface area (Å²) in [6.45, 7) is 2.99. The molecule has 0 spiro atoms. The maximum Gasteiger partial charge on any atom is 0.407 e. The van der Waals surface area contributed by atoms with Gasteiger partial charge in [0.25, 0.3) is 0 Å². The first-order valence-electron chi connectivity index (χ1n) is 13.3. The molecule has 1 fully saturated rings. The Hall–Kier alpha value is -3.84. The van der Waals surface area contributed by atoms with E-state index in [1.807, 2.05) is 54.6 Å². The van der Waals surface area contributed by atoms with Crippen molar-refractivity contribution in [3.05, 3.63) is 89.0 Å². The number of hydrogen-bond acceptors (Lipinski definition) is 5. The fourth-order valence-electron chi connectivity index (χ4n) is 5.66. The summed E-state index contributed by atoms with van der Waals surface area (Å²) in [5, 5.41) is 12.4. The molecule has 3 aromatic carbocycles. The van der Waals surface area contributed by atoms with Gasteiger partial charge in [0, 0.05) is 24.4 Å². The second-order valence-electron chi connectivity index (χ2n) is 10.0. The molecule has 7 heteroatoms. The van der Waals surface area contributed by atoms with Crippen LogP contribution in [0.1, 0.15) is 47.4 Å². The van der Waals surface area contributed by atoms with Crippen molar-refractivity contribution < 1.29 is 24.2 Å². The number of benzene rings is 3. The van der Waals surface area contributed by atoms with Gasteiger partial charge in [0.15, 0.2) is 0 Å². The van der Waals surface area contributed by atoms with Gasteiger partial charge in [0.2, 0.25) is 0 Å². The molecule has 0 saturated carbocycles. The normalized spacial score (nSPS) is 15.8. The van der Waals surface area contributed by atoms with Gasteiger partial charge in [-0.3, -0.25) is 4.90 Å². The molecule has 0 aromatic heterocycles. The number of nitrogens with zero attached hydrogens (tertiary/aromatic N) is 1. The lowest BCUT2D eigenvalue weighted by Gasteiger charge is -2.27. The van der Waals surface area contributed by atoms with E-state index in [4.69, 9.17) is 9.47 Å². The van der Waals surface area contributed by atoms with Crippen LogP contribution < -0.4 is 10.1 Å². The Morgan fingerprint density at radius 2 is 1.63 bits per heavy atom. The molecule has 1 aliphatic heterocycles. The van der Waals surface area contributed by atoms with Crippen molar-refractivity contribution in [2.24, 2.45) is 0 Å². The van der Waals surface area contributed by atoms with E-state index < -0.39 is 18.1 Å². The molecule has 2 N–H and O–H groups in total. The lowest BCUT2D eigenvalue weighted by atomic mass is 9.98. The van der Waals surface area contributed by atoms with Crippen molar-refractivity contribution in [1.29, 1.82) is 0 Å². The van der Waals surface area contributed by atoms with E-state index in [0.717, 1.165) is 58.8 Å². The number of ether oxygens (including phenoxy) is 2. The van der Waals surface area contributed by atoms with Gasteiger partial charge >= 0.3 is 12.1 Å². The highest BCUT2D eigenvalue weighted by Crippen LogP contribution is 2.44. The minimum absolute atomic E-state index is 0.0876. The average molecular weight is 515 g/mol. The minimum Gasteiger partial charge on any atom is -0.496 e. The predicted molar refractivity (Wildman–Crippen MR) is 145 cm³/mol. The van der Waals surface area contributed by atoms with Gasteiger partial charge in [0.1, 0.15) is 18.4 Å². The number of carbonyl (C=O) groups excluding carboxylic acids is 1. The number of methoxy groups -OCH3 is 1. The van der Waals surface area contributed by atoms with Gasteiger partial charge in [-0.25, -0.2) is 9.59 Å². The van der Waals surface area contributed by atoms with Gasteiger partial charge < -0.3 is 19.9 Å². The molecule has 1 aliphatic carbocycles. The Kier molecular flexibility index (Phi) is 7.94. The quantitative estimate of drug-likeness (QED) is 0.407. The lowest BCUT2D eigenvalue weighted by Crippen LogP contribution is -2.43. The van der Waals surface area contributed by atoms with Crippen molar-refractivity contribution in [3.63, 3.8) is 0 Å². The third-order valence-corrected chi connectivity index (χ3v) is 7.56. The molecule has 1 atom stereocenters. The van der Waals surface area contributed by atoms with Crippen molar-refractivity contribution in [2.75, 3.05) is 26.8 Å². The molecule has 3 aromatic rings. The molecule has 1 heterocycles. The smallest absolute Gasteiger partial charge is 0.407 e. The Morgan fingerprint density at radius 1 is 0.974 bits per heavy atom. The number of fused-ring (bicyclic) bond motifs is 3. The molecule has 7 nitrogen and oxygen atoms in total. The molecule has 198 valence electrons. The standard InChI is InChI=1S/C31H34N2O5/c1-37-29-14-13-21(17-22(29)19-33-15-7-2-8-16-33)18-28(30(34)35)32-31(36)38-20-27-25-11-5-3-9-23(25)24-10-4-6-12-26(24)27/h3-6,9-14,17,27-28H,2,7-8,15-16,18-20H2,1H3,(H,32,36)(H,34,35). The van der Waals surface area contributed by atoms with Crippen LogP contribution in [0.2, 0.25) is 0 Å². The van der Waals surface area contributed by atoms with E-state index >= 15 is 0 Å². The number of hydrogen-bond donors (Lipinski definition) is 2. The van der Waals surface area contributed by atoms with E-state index in [0.29, 0.717) is 0 Å². The Morgan fingerprint density at radius 3 is 2.26 bits per heavy atom. The average Bonchev–Trinajstić information content (AvgIpc) is 3.26. The highest BCUT2D eigenvalue weighted by Gasteiger charge is 2.30. The van der Waals surface area contributed by atoms with E-state index in [2.05, 4.69) is 22.3 Å². The molecular weight excluding hydrogens is 480 g/mol. The fourth-order valence-corrected chi connectivity index (χ4v) is 5.66. The zero-order chi connectivity index (χ0) is 26.5. The van der Waals surface area contributed by atoms with Crippen LogP contribution in [0.15, 0.2) is 66.7 Å². The van der Waals surface area contributed by atoms with Crippen molar-refractivity contribution in [1.82, 2.24) is 10.2 Å². The second-order valence-corrected chi connectivity index (χ2v) is 10.0. The topological polar surface area (TPSA) is 88.1 Å². The largest absolute Gasteiger partial charge is 0.496 e. The van der Waals surface area contributed by atoms with E-state index in [1.165, 1.54) is 19.3 Å². The van der Waals surface area contributed by atoms with Crippen LogP contribution in [0.25, 0.3) is 11.1 Å². The maximum absolute atomic E-state index is 12.7. The summed E-state index contributed by atoms with van der Waals surface area (Å²) in [4.78, 5) is 27.2. The van der Waals surface area contributed by atoms with Crippen LogP contribution in [0.5, 0.6) is 5.75 Å². The van der Waals surface area contributed by atoms with Crippen LogP contribution in [0, 0.1) is 0 Å². The Labute approximate surface area is 223 Å². The van der Waals surface area contributed by atoms with Crippen LogP contribution in [0.4, 0.5) is 4.79 Å². The molecule has 1 unspecified atom stereocenters. The molecular formula is C31H34N2O5. The second kappa shape index (κ2) is 11.7. The number of carboxylic acid groups (broad SMARTS) is 1. The summed E-state index contributed by atoms with van der Waals surface area (Å²) < 4.78 is 11.1. The summed E-state index contributed by atoms with van der Waals surface area (Å²) >= 11 is 0. The third-order valence-electron chi connectivity index (χ3n) is 7.56. The number of carbonyl (C=O) groups is 2. The van der Waals surface area contributed by atoms with Crippen LogP contribution >= 0.6 is 0 Å². The van der Waals surface area contributed by atoms with Gasteiger partial charge in [-0.1, -0.05) is 67.1 Å². The SMILES string of the molecule is COc1ccc(CC(NC(=O)OCC2c3ccccc3-c3ccccc32)C(=O)O)cc1CN1CCCCC1. The molecule has 5 rings (SSSR count). The van der Waals surface area contributed by atoms with Crippen LogP contribution in [0.3, 0.4) is 0 Å². The summed E-state index contributed by atoms with van der Waals surface area (Å²) in [6.07, 6.45) is 3.05. The van der Waals surface area contributed by atoms with E-state index in [-0.39, 0.29) is 18.9 Å². The van der Waals surface area contributed by atoms with Gasteiger partial charge in [-0.05, 0) is 59.8 Å². The molecule has 2 aliphatic rings. The van der Waals surface area contributed by atoms with Crippen molar-refractivity contribution in [2.45, 2.75) is 44.2 Å². The fraction of sp³-hybridized carbons (Fsp3) is 0.355. The number of amides is 1. The molecule has 38 heavy (non-hydrogen) atoms. The zero-order valence-electron chi connectivity index (χ0n) is 21.7. The summed E-state index contributed by atoms with van der Waals surface area (Å²) in [5.41, 5.74) is 6.34. The number of alkyl carbamates (subject to hydrolysis) is 1. The molecule has 1 saturated heterocycles. The first-order valence-corrected chi connectivity index (χ1v) is 13.3. The first kappa shape index (κ1) is 25.8. The van der Waals surface area contributed by atoms with Gasteiger partial charge in [-0.15, -0.1) is 0 Å². The van der Waals surface area contributed by atoms with Gasteiger partial charge in [0.05, 0.1) is 7.11 Å². The minimum atomic E-state index is -1.11. The first-order chi connectivity index (χ1) is 18.5. The number of nitrogens with one attached hydrogen (secondary N) is 1. The van der Waals surface area contributed by atoms with E-state index in [9.17, 15) is 14.7 Å². The zero-order valence-corrected chi connectivity index (χ0v) is 21.7. The Bertz CT molecular complexity index is 1260. The van der Waals surface area contributed by atoms with Gasteiger partial charge in [-0.2, -0.15) is 0 Å². The molecule has 0 bridgehead atoms. The number of aliphatic carboxylic acids is 1. The monoisotopic (exact) mass is 514 g/mol. The number of likely N-dealkylation sites (tertiary alicyclic amines) is 1. The maximum atomic E-state index is 12.7. The summed E-state index contributed by atoms with van der Waals surface area (Å²) in [6, 6.07) is 20.8. The highest BCUT2D eigenvalue weighted by atomic mass is 16.5. The van der Waals surface area contributed by atoms with Crippen molar-refractivity contribution in [3.8, 4) is 16.9 Å². The lowest BCUT2D eigenvalue weighted by molar-refractivity contribution is -0.139. The molecule has 1 amide bonds. The number of carboxylic acids is 1. The predicted octanol–water partition coefficient (Wildman–Crippen LogP) is 5.22. The number of rotatable bonds is 9. The molecule has 0 radical (unpaired) electrons. The number of piperidine rings is 1. The third kappa shape index (κ3) is 5.68.